The highest BCUT2D eigenvalue weighted by Crippen LogP contribution is 2.36. The average Bonchev–Trinajstić information content (AvgIpc) is 3.27. The van der Waals surface area contributed by atoms with Crippen LogP contribution in [0.15, 0.2) is 38.9 Å². The summed E-state index contributed by atoms with van der Waals surface area (Å²) < 4.78 is 21.2. The Labute approximate surface area is 174 Å². The van der Waals surface area contributed by atoms with Crippen LogP contribution in [0, 0.1) is 0 Å². The molecule has 29 heavy (non-hydrogen) atoms. The van der Waals surface area contributed by atoms with Gasteiger partial charge in [-0.2, -0.15) is 0 Å². The molecule has 1 aliphatic rings. The second kappa shape index (κ2) is 8.39. The van der Waals surface area contributed by atoms with E-state index in [9.17, 15) is 14.4 Å². The molecular formula is C19H17BrN2O7. The maximum absolute atomic E-state index is 12.7. The largest absolute Gasteiger partial charge is 0.493 e. The van der Waals surface area contributed by atoms with E-state index in [-0.39, 0.29) is 23.8 Å². The average molecular weight is 465 g/mol. The second-order valence-corrected chi connectivity index (χ2v) is 6.78. The third-order valence-electron chi connectivity index (χ3n) is 4.10. The van der Waals surface area contributed by atoms with Crippen LogP contribution in [0.2, 0.25) is 0 Å². The van der Waals surface area contributed by atoms with Gasteiger partial charge in [0.05, 0.1) is 27.9 Å². The Hall–Kier alpha value is -3.27. The minimum Gasteiger partial charge on any atom is -0.493 e. The zero-order chi connectivity index (χ0) is 21.1. The van der Waals surface area contributed by atoms with E-state index in [0.29, 0.717) is 21.5 Å². The molecule has 0 atom stereocenters. The first-order valence-corrected chi connectivity index (χ1v) is 9.10. The molecule has 9 nitrogen and oxygen atoms in total. The molecule has 0 aliphatic carbocycles. The van der Waals surface area contributed by atoms with Crippen LogP contribution in [-0.2, 0) is 16.1 Å². The number of benzene rings is 1. The third kappa shape index (κ3) is 4.11. The molecule has 0 bridgehead atoms. The summed E-state index contributed by atoms with van der Waals surface area (Å²) in [5.74, 6) is -0.0735. The molecule has 3 amide bonds. The highest BCUT2D eigenvalue weighted by atomic mass is 79.9. The molecule has 0 unspecified atom stereocenters. The number of esters is 1. The Morgan fingerprint density at radius 2 is 1.97 bits per heavy atom. The quantitative estimate of drug-likeness (QED) is 0.397. The standard InChI is InChI=1S/C19H17BrN2O7/c1-26-15-8-11(20)6-10(16(15)27-2)7-13-17(23)22(19(25)21-13)9-12-4-5-14(29-12)18(24)28-3/h4-8H,9H2,1-3H3,(H,21,25)/b13-7+. The fraction of sp³-hybridized carbons (Fsp3) is 0.211. The first kappa shape index (κ1) is 20.5. The van der Waals surface area contributed by atoms with E-state index in [4.69, 9.17) is 13.9 Å². The van der Waals surface area contributed by atoms with Crippen LogP contribution in [0.3, 0.4) is 0 Å². The number of amides is 3. The summed E-state index contributed by atoms with van der Waals surface area (Å²) in [6.07, 6.45) is 1.49. The first-order chi connectivity index (χ1) is 13.9. The Kier molecular flexibility index (Phi) is 5.92. The Bertz CT molecular complexity index is 1010. The molecule has 10 heteroatoms. The Morgan fingerprint density at radius 1 is 1.21 bits per heavy atom. The van der Waals surface area contributed by atoms with Crippen LogP contribution in [0.4, 0.5) is 4.79 Å². The summed E-state index contributed by atoms with van der Waals surface area (Å²) in [7, 11) is 4.20. The van der Waals surface area contributed by atoms with Crippen molar-refractivity contribution in [2.75, 3.05) is 21.3 Å². The SMILES string of the molecule is COC(=O)c1ccc(CN2C(=O)N/C(=C/c3cc(Br)cc(OC)c3OC)C2=O)o1. The predicted octanol–water partition coefficient (Wildman–Crippen LogP) is 2.94. The van der Waals surface area contributed by atoms with Crippen molar-refractivity contribution in [3.05, 3.63) is 51.5 Å². The van der Waals surface area contributed by atoms with Crippen molar-refractivity contribution < 1.29 is 33.0 Å². The lowest BCUT2D eigenvalue weighted by molar-refractivity contribution is -0.123. The van der Waals surface area contributed by atoms with E-state index in [0.717, 1.165) is 4.90 Å². The molecule has 2 aromatic rings. The lowest BCUT2D eigenvalue weighted by atomic mass is 10.1. The third-order valence-corrected chi connectivity index (χ3v) is 4.55. The fourth-order valence-corrected chi connectivity index (χ4v) is 3.22. The van der Waals surface area contributed by atoms with E-state index in [1.165, 1.54) is 39.5 Å². The maximum atomic E-state index is 12.7. The highest BCUT2D eigenvalue weighted by Gasteiger charge is 2.34. The number of hydrogen-bond acceptors (Lipinski definition) is 7. The van der Waals surface area contributed by atoms with Gasteiger partial charge in [0.25, 0.3) is 5.91 Å². The Balaban J connectivity index is 1.86. The minimum atomic E-state index is -0.648. The zero-order valence-electron chi connectivity index (χ0n) is 15.8. The van der Waals surface area contributed by atoms with Gasteiger partial charge in [0.15, 0.2) is 11.5 Å². The number of rotatable bonds is 6. The number of furan rings is 1. The Morgan fingerprint density at radius 3 is 2.62 bits per heavy atom. The van der Waals surface area contributed by atoms with Crippen molar-refractivity contribution >= 4 is 39.9 Å². The van der Waals surface area contributed by atoms with E-state index < -0.39 is 17.9 Å². The smallest absolute Gasteiger partial charge is 0.373 e. The first-order valence-electron chi connectivity index (χ1n) is 8.31. The van der Waals surface area contributed by atoms with E-state index in [1.54, 1.807) is 12.1 Å². The number of urea groups is 1. The van der Waals surface area contributed by atoms with Gasteiger partial charge in [0, 0.05) is 10.0 Å². The fourth-order valence-electron chi connectivity index (χ4n) is 2.77. The van der Waals surface area contributed by atoms with E-state index in [1.807, 2.05) is 0 Å². The van der Waals surface area contributed by atoms with Crippen LogP contribution < -0.4 is 14.8 Å². The van der Waals surface area contributed by atoms with Gasteiger partial charge in [-0.15, -0.1) is 0 Å². The van der Waals surface area contributed by atoms with E-state index >= 15 is 0 Å². The van der Waals surface area contributed by atoms with Crippen molar-refractivity contribution in [3.63, 3.8) is 0 Å². The van der Waals surface area contributed by atoms with E-state index in [2.05, 4.69) is 26.0 Å². The molecule has 152 valence electrons. The number of imide groups is 1. The number of ether oxygens (including phenoxy) is 3. The summed E-state index contributed by atoms with van der Waals surface area (Å²) in [6, 6.07) is 5.74. The summed E-state index contributed by atoms with van der Waals surface area (Å²) in [5.41, 5.74) is 0.600. The van der Waals surface area contributed by atoms with Gasteiger partial charge in [0.1, 0.15) is 11.5 Å². The van der Waals surface area contributed by atoms with Crippen LogP contribution >= 0.6 is 15.9 Å². The zero-order valence-corrected chi connectivity index (χ0v) is 17.4. The molecule has 1 aliphatic heterocycles. The molecule has 1 aromatic carbocycles. The number of hydrogen-bond donors (Lipinski definition) is 1. The number of nitrogens with one attached hydrogen (secondary N) is 1. The van der Waals surface area contributed by atoms with Crippen molar-refractivity contribution in [2.45, 2.75) is 6.54 Å². The van der Waals surface area contributed by atoms with Gasteiger partial charge in [-0.25, -0.2) is 9.59 Å². The van der Waals surface area contributed by atoms with Gasteiger partial charge in [-0.3, -0.25) is 9.69 Å². The van der Waals surface area contributed by atoms with Gasteiger partial charge in [-0.05, 0) is 30.3 Å². The number of methoxy groups -OCH3 is 3. The number of carbonyl (C=O) groups is 3. The van der Waals surface area contributed by atoms with Crippen LogP contribution in [0.25, 0.3) is 6.08 Å². The topological polar surface area (TPSA) is 107 Å². The molecule has 0 spiro atoms. The summed E-state index contributed by atoms with van der Waals surface area (Å²) >= 11 is 3.37. The summed E-state index contributed by atoms with van der Waals surface area (Å²) in [5, 5.41) is 2.53. The molecule has 2 heterocycles. The van der Waals surface area contributed by atoms with Crippen LogP contribution in [-0.4, -0.2) is 44.1 Å². The van der Waals surface area contributed by atoms with Crippen molar-refractivity contribution in [3.8, 4) is 11.5 Å². The lowest BCUT2D eigenvalue weighted by Gasteiger charge is -2.12. The minimum absolute atomic E-state index is 0.0173. The number of carbonyl (C=O) groups excluding carboxylic acids is 3. The van der Waals surface area contributed by atoms with Crippen LogP contribution in [0.5, 0.6) is 11.5 Å². The van der Waals surface area contributed by atoms with Crippen molar-refractivity contribution in [1.82, 2.24) is 10.2 Å². The number of nitrogens with zero attached hydrogens (tertiary/aromatic N) is 1. The molecule has 1 aromatic heterocycles. The second-order valence-electron chi connectivity index (χ2n) is 5.87. The highest BCUT2D eigenvalue weighted by molar-refractivity contribution is 9.10. The van der Waals surface area contributed by atoms with Gasteiger partial charge in [-0.1, -0.05) is 15.9 Å². The normalized spacial score (nSPS) is 14.9. The monoisotopic (exact) mass is 464 g/mol. The summed E-state index contributed by atoms with van der Waals surface area (Å²) in [6.45, 7) is -0.141. The molecule has 1 fully saturated rings. The molecule has 0 saturated carbocycles. The molecular weight excluding hydrogens is 448 g/mol. The van der Waals surface area contributed by atoms with Crippen molar-refractivity contribution in [2.24, 2.45) is 0 Å². The molecule has 3 rings (SSSR count). The lowest BCUT2D eigenvalue weighted by Crippen LogP contribution is -2.30. The molecule has 0 radical (unpaired) electrons. The van der Waals surface area contributed by atoms with Gasteiger partial charge in [0.2, 0.25) is 5.76 Å². The summed E-state index contributed by atoms with van der Waals surface area (Å²) in [4.78, 5) is 37.4. The maximum Gasteiger partial charge on any atom is 0.373 e. The van der Waals surface area contributed by atoms with Crippen LogP contribution in [0.1, 0.15) is 21.9 Å². The molecule has 1 N–H and O–H groups in total. The molecule has 1 saturated heterocycles. The number of halogens is 1. The van der Waals surface area contributed by atoms with Gasteiger partial charge >= 0.3 is 12.0 Å². The van der Waals surface area contributed by atoms with Gasteiger partial charge < -0.3 is 23.9 Å². The predicted molar refractivity (Wildman–Crippen MR) is 104 cm³/mol. The van der Waals surface area contributed by atoms with Crippen molar-refractivity contribution in [1.29, 1.82) is 0 Å².